The predicted molar refractivity (Wildman–Crippen MR) is 82.6 cm³/mol. The third-order valence-corrected chi connectivity index (χ3v) is 4.62. The second-order valence-electron chi connectivity index (χ2n) is 4.16. The molecule has 2 heterocycles. The number of aryl methyl sites for hydroxylation is 1. The lowest BCUT2D eigenvalue weighted by Crippen LogP contribution is -1.95. The van der Waals surface area contributed by atoms with Crippen LogP contribution in [0.25, 0.3) is 22.3 Å². The summed E-state index contributed by atoms with van der Waals surface area (Å²) in [5.74, 6) is -0.186. The number of thiophene rings is 1. The van der Waals surface area contributed by atoms with Crippen molar-refractivity contribution in [3.63, 3.8) is 0 Å². The van der Waals surface area contributed by atoms with Crippen molar-refractivity contribution in [2.45, 2.75) is 6.92 Å². The maximum absolute atomic E-state index is 13.9. The Morgan fingerprint density at radius 3 is 2.55 bits per heavy atom. The molecule has 0 spiro atoms. The number of hydrogen-bond acceptors (Lipinski definition) is 3. The molecule has 0 atom stereocenters. The van der Waals surface area contributed by atoms with Crippen LogP contribution in [0.15, 0.2) is 18.2 Å². The van der Waals surface area contributed by atoms with Crippen molar-refractivity contribution < 1.29 is 4.39 Å². The van der Waals surface area contributed by atoms with Gasteiger partial charge >= 0.3 is 0 Å². The second kappa shape index (κ2) is 5.11. The highest BCUT2D eigenvalue weighted by atomic mass is 35.5. The summed E-state index contributed by atoms with van der Waals surface area (Å²) in [6, 6.07) is 4.63. The quantitative estimate of drug-likeness (QED) is 0.522. The molecule has 0 bridgehead atoms. The lowest BCUT2D eigenvalue weighted by atomic mass is 10.1. The molecule has 102 valence electrons. The molecule has 0 saturated heterocycles. The van der Waals surface area contributed by atoms with E-state index in [1.54, 1.807) is 12.1 Å². The van der Waals surface area contributed by atoms with Crippen molar-refractivity contribution in [2.75, 3.05) is 0 Å². The average molecular weight is 348 g/mol. The zero-order valence-corrected chi connectivity index (χ0v) is 13.1. The van der Waals surface area contributed by atoms with Crippen LogP contribution in [0.2, 0.25) is 13.8 Å². The molecule has 0 amide bonds. The molecule has 3 rings (SSSR count). The lowest BCUT2D eigenvalue weighted by Gasteiger charge is -2.07. The van der Waals surface area contributed by atoms with Crippen molar-refractivity contribution in [1.29, 1.82) is 0 Å². The minimum absolute atomic E-state index is 0.179. The topological polar surface area (TPSA) is 25.8 Å². The first-order chi connectivity index (χ1) is 9.47. The van der Waals surface area contributed by atoms with Crippen molar-refractivity contribution in [2.24, 2.45) is 0 Å². The molecule has 2 aromatic heterocycles. The van der Waals surface area contributed by atoms with Gasteiger partial charge in [-0.3, -0.25) is 0 Å². The van der Waals surface area contributed by atoms with Gasteiger partial charge in [-0.15, -0.1) is 11.3 Å². The van der Waals surface area contributed by atoms with Gasteiger partial charge in [-0.25, -0.2) is 14.4 Å². The number of halogens is 4. The van der Waals surface area contributed by atoms with Gasteiger partial charge in [-0.2, -0.15) is 0 Å². The zero-order valence-electron chi connectivity index (χ0n) is 10.0. The Kier molecular flexibility index (Phi) is 3.58. The highest BCUT2D eigenvalue weighted by Gasteiger charge is 2.16. The molecule has 0 aliphatic carbocycles. The average Bonchev–Trinajstić information content (AvgIpc) is 2.72. The van der Waals surface area contributed by atoms with E-state index in [0.717, 1.165) is 5.56 Å². The Labute approximate surface area is 133 Å². The van der Waals surface area contributed by atoms with E-state index in [4.69, 9.17) is 34.8 Å². The van der Waals surface area contributed by atoms with Gasteiger partial charge in [-0.05, 0) is 24.6 Å². The zero-order chi connectivity index (χ0) is 14.4. The third kappa shape index (κ3) is 2.27. The summed E-state index contributed by atoms with van der Waals surface area (Å²) < 4.78 is 14.9. The van der Waals surface area contributed by atoms with E-state index >= 15 is 0 Å². The van der Waals surface area contributed by atoms with Crippen LogP contribution in [0.4, 0.5) is 4.39 Å². The highest BCUT2D eigenvalue weighted by Crippen LogP contribution is 2.38. The van der Waals surface area contributed by atoms with E-state index in [1.165, 1.54) is 17.4 Å². The fourth-order valence-electron chi connectivity index (χ4n) is 1.93. The second-order valence-corrected chi connectivity index (χ2v) is 6.81. The van der Waals surface area contributed by atoms with Crippen LogP contribution >= 0.6 is 46.1 Å². The molecule has 0 fully saturated rings. The number of nitrogens with zero attached hydrogens (tertiary/aromatic N) is 2. The molecule has 0 aliphatic rings. The Morgan fingerprint density at radius 2 is 1.90 bits per heavy atom. The number of hydrogen-bond donors (Lipinski definition) is 0. The van der Waals surface area contributed by atoms with E-state index < -0.39 is 5.82 Å². The summed E-state index contributed by atoms with van der Waals surface area (Å²) in [7, 11) is 0. The Hall–Kier alpha value is -0.940. The first kappa shape index (κ1) is 14.0. The van der Waals surface area contributed by atoms with Crippen molar-refractivity contribution in [1.82, 2.24) is 9.97 Å². The molecule has 7 heteroatoms. The SMILES string of the molecule is Cc1ccc(F)c2nc(-c3cc(Cl)sc3Cl)nc(Cl)c12. The monoisotopic (exact) mass is 346 g/mol. The molecule has 20 heavy (non-hydrogen) atoms. The van der Waals surface area contributed by atoms with Gasteiger partial charge in [0.05, 0.1) is 9.90 Å². The minimum Gasteiger partial charge on any atom is -0.225 e. The molecule has 0 radical (unpaired) electrons. The molecule has 2 nitrogen and oxygen atoms in total. The van der Waals surface area contributed by atoms with Gasteiger partial charge < -0.3 is 0 Å². The maximum atomic E-state index is 13.9. The summed E-state index contributed by atoms with van der Waals surface area (Å²) in [6.07, 6.45) is 0. The van der Waals surface area contributed by atoms with Gasteiger partial charge in [0.25, 0.3) is 0 Å². The lowest BCUT2D eigenvalue weighted by molar-refractivity contribution is 0.636. The molecule has 3 aromatic rings. The van der Waals surface area contributed by atoms with E-state index in [1.807, 2.05) is 6.92 Å². The van der Waals surface area contributed by atoms with E-state index in [0.29, 0.717) is 19.6 Å². The third-order valence-electron chi connectivity index (χ3n) is 2.86. The van der Waals surface area contributed by atoms with Crippen molar-refractivity contribution >= 4 is 57.0 Å². The van der Waals surface area contributed by atoms with Crippen LogP contribution in [0.1, 0.15) is 5.56 Å². The van der Waals surface area contributed by atoms with Crippen LogP contribution in [0.5, 0.6) is 0 Å². The highest BCUT2D eigenvalue weighted by molar-refractivity contribution is 7.20. The molecule has 0 aliphatic heterocycles. The van der Waals surface area contributed by atoms with Crippen LogP contribution in [0, 0.1) is 12.7 Å². The van der Waals surface area contributed by atoms with E-state index in [-0.39, 0.29) is 16.5 Å². The van der Waals surface area contributed by atoms with Crippen molar-refractivity contribution in [3.8, 4) is 11.4 Å². The van der Waals surface area contributed by atoms with Gasteiger partial charge in [0.15, 0.2) is 5.82 Å². The molecular formula is C13H6Cl3FN2S. The molecule has 0 N–H and O–H groups in total. The number of rotatable bonds is 1. The summed E-state index contributed by atoms with van der Waals surface area (Å²) in [5.41, 5.74) is 1.54. The largest absolute Gasteiger partial charge is 0.225 e. The first-order valence-corrected chi connectivity index (χ1v) is 7.50. The number of benzene rings is 1. The molecule has 0 saturated carbocycles. The maximum Gasteiger partial charge on any atom is 0.164 e. The van der Waals surface area contributed by atoms with Crippen LogP contribution in [-0.2, 0) is 0 Å². The standard InChI is InChI=1S/C13H6Cl3FN2S/c1-5-2-3-7(17)10-9(5)11(15)19-13(18-10)6-4-8(14)20-12(6)16/h2-4H,1H3. The predicted octanol–water partition coefficient (Wildman–Crippen LogP) is 5.77. The number of fused-ring (bicyclic) bond motifs is 1. The number of aromatic nitrogens is 2. The van der Waals surface area contributed by atoms with Crippen LogP contribution in [-0.4, -0.2) is 9.97 Å². The summed E-state index contributed by atoms with van der Waals surface area (Å²) in [5, 5.41) is 0.702. The Morgan fingerprint density at radius 1 is 1.15 bits per heavy atom. The fraction of sp³-hybridized carbons (Fsp3) is 0.0769. The van der Waals surface area contributed by atoms with E-state index in [2.05, 4.69) is 9.97 Å². The minimum atomic E-state index is -0.450. The van der Waals surface area contributed by atoms with Gasteiger partial charge in [0.2, 0.25) is 0 Å². The van der Waals surface area contributed by atoms with Crippen LogP contribution < -0.4 is 0 Å². The Bertz CT molecular complexity index is 832. The summed E-state index contributed by atoms with van der Waals surface area (Å²) >= 11 is 19.3. The van der Waals surface area contributed by atoms with Crippen LogP contribution in [0.3, 0.4) is 0 Å². The normalized spacial score (nSPS) is 11.2. The smallest absolute Gasteiger partial charge is 0.164 e. The first-order valence-electron chi connectivity index (χ1n) is 5.55. The van der Waals surface area contributed by atoms with Crippen molar-refractivity contribution in [3.05, 3.63) is 43.4 Å². The fourth-order valence-corrected chi connectivity index (χ4v) is 3.70. The molecule has 0 unspecified atom stereocenters. The van der Waals surface area contributed by atoms with E-state index in [9.17, 15) is 4.39 Å². The van der Waals surface area contributed by atoms with Gasteiger partial charge in [0.1, 0.15) is 20.8 Å². The van der Waals surface area contributed by atoms with Gasteiger partial charge in [-0.1, -0.05) is 40.9 Å². The Balaban J connectivity index is 2.35. The summed E-state index contributed by atoms with van der Waals surface area (Å²) in [4.78, 5) is 8.43. The van der Waals surface area contributed by atoms with Gasteiger partial charge in [0, 0.05) is 5.39 Å². The molecular weight excluding hydrogens is 342 g/mol. The molecule has 1 aromatic carbocycles. The summed E-state index contributed by atoms with van der Waals surface area (Å²) in [6.45, 7) is 1.82.